The summed E-state index contributed by atoms with van der Waals surface area (Å²) in [5, 5.41) is 13.5. The predicted octanol–water partition coefficient (Wildman–Crippen LogP) is 1.71. The van der Waals surface area contributed by atoms with Gasteiger partial charge in [-0.25, -0.2) is 4.79 Å². The van der Waals surface area contributed by atoms with Gasteiger partial charge in [-0.15, -0.1) is 0 Å². The van der Waals surface area contributed by atoms with Crippen molar-refractivity contribution in [2.24, 2.45) is 0 Å². The second kappa shape index (κ2) is 8.86. The van der Waals surface area contributed by atoms with E-state index in [9.17, 15) is 19.7 Å². The van der Waals surface area contributed by atoms with Gasteiger partial charge in [-0.2, -0.15) is 0 Å². The molecule has 136 valence electrons. The zero-order valence-electron chi connectivity index (χ0n) is 14.0. The number of nitrogens with zero attached hydrogens (tertiary/aromatic N) is 2. The molecule has 1 N–H and O–H groups in total. The van der Waals surface area contributed by atoms with E-state index in [-0.39, 0.29) is 36.1 Å². The number of benzene rings is 1. The van der Waals surface area contributed by atoms with Crippen LogP contribution in [0.15, 0.2) is 24.3 Å². The van der Waals surface area contributed by atoms with Crippen LogP contribution in [0.5, 0.6) is 5.75 Å². The fraction of sp³-hybridized carbons (Fsp3) is 0.500. The van der Waals surface area contributed by atoms with Gasteiger partial charge >= 0.3 is 6.09 Å². The Hall–Kier alpha value is -2.84. The molecule has 0 atom stereocenters. The van der Waals surface area contributed by atoms with Crippen LogP contribution in [0.1, 0.15) is 19.8 Å². The third-order valence-electron chi connectivity index (χ3n) is 3.78. The van der Waals surface area contributed by atoms with E-state index < -0.39 is 4.92 Å². The Morgan fingerprint density at radius 2 is 2.08 bits per heavy atom. The molecule has 0 spiro atoms. The lowest BCUT2D eigenvalue weighted by atomic mass is 10.1. The Morgan fingerprint density at radius 1 is 1.36 bits per heavy atom. The van der Waals surface area contributed by atoms with Crippen LogP contribution in [0.2, 0.25) is 0 Å². The number of carbonyl (C=O) groups is 2. The van der Waals surface area contributed by atoms with Crippen LogP contribution in [-0.4, -0.2) is 54.2 Å². The molecular formula is C16H21N3O6. The lowest BCUT2D eigenvalue weighted by molar-refractivity contribution is -0.384. The van der Waals surface area contributed by atoms with Gasteiger partial charge in [0.2, 0.25) is 0 Å². The number of nitro groups is 1. The maximum absolute atomic E-state index is 11.9. The Balaban J connectivity index is 1.73. The molecule has 0 radical (unpaired) electrons. The van der Waals surface area contributed by atoms with Crippen molar-refractivity contribution in [3.8, 4) is 5.75 Å². The minimum atomic E-state index is -0.524. The molecule has 0 saturated carbocycles. The molecule has 9 heteroatoms. The number of rotatable bonds is 6. The van der Waals surface area contributed by atoms with Crippen molar-refractivity contribution >= 4 is 17.7 Å². The summed E-state index contributed by atoms with van der Waals surface area (Å²) < 4.78 is 10.2. The average molecular weight is 351 g/mol. The number of likely N-dealkylation sites (tertiary alicyclic amines) is 1. The monoisotopic (exact) mass is 351 g/mol. The van der Waals surface area contributed by atoms with Crippen LogP contribution < -0.4 is 10.1 Å². The largest absolute Gasteiger partial charge is 0.484 e. The molecule has 2 amide bonds. The van der Waals surface area contributed by atoms with E-state index in [1.165, 1.54) is 18.2 Å². The second-order valence-corrected chi connectivity index (χ2v) is 5.57. The van der Waals surface area contributed by atoms with E-state index in [0.29, 0.717) is 32.5 Å². The van der Waals surface area contributed by atoms with Gasteiger partial charge in [0.05, 0.1) is 17.6 Å². The number of carbonyl (C=O) groups excluding carboxylic acids is 2. The molecule has 2 rings (SSSR count). The molecule has 25 heavy (non-hydrogen) atoms. The van der Waals surface area contributed by atoms with Gasteiger partial charge in [0.25, 0.3) is 11.6 Å². The number of amides is 2. The predicted molar refractivity (Wildman–Crippen MR) is 88.4 cm³/mol. The van der Waals surface area contributed by atoms with Gasteiger partial charge in [-0.05, 0) is 25.8 Å². The van der Waals surface area contributed by atoms with E-state index >= 15 is 0 Å². The minimum absolute atomic E-state index is 0.0353. The lowest BCUT2D eigenvalue weighted by Gasteiger charge is -2.31. The third kappa shape index (κ3) is 5.63. The van der Waals surface area contributed by atoms with Crippen molar-refractivity contribution < 1.29 is 24.0 Å². The van der Waals surface area contributed by atoms with Crippen LogP contribution >= 0.6 is 0 Å². The summed E-state index contributed by atoms with van der Waals surface area (Å²) in [6, 6.07) is 5.64. The number of piperidine rings is 1. The first-order valence-electron chi connectivity index (χ1n) is 8.08. The van der Waals surface area contributed by atoms with Crippen LogP contribution in [0.4, 0.5) is 10.5 Å². The summed E-state index contributed by atoms with van der Waals surface area (Å²) in [7, 11) is 0. The number of non-ortho nitro benzene ring substituents is 1. The van der Waals surface area contributed by atoms with Crippen LogP contribution in [0, 0.1) is 10.1 Å². The van der Waals surface area contributed by atoms with Crippen LogP contribution in [-0.2, 0) is 9.53 Å². The van der Waals surface area contributed by atoms with Crippen molar-refractivity contribution in [2.75, 3.05) is 26.3 Å². The van der Waals surface area contributed by atoms with Gasteiger partial charge in [0.15, 0.2) is 6.61 Å². The highest BCUT2D eigenvalue weighted by Crippen LogP contribution is 2.19. The zero-order valence-corrected chi connectivity index (χ0v) is 14.0. The average Bonchev–Trinajstić information content (AvgIpc) is 2.61. The number of hydrogen-bond donors (Lipinski definition) is 1. The molecule has 1 aromatic rings. The maximum Gasteiger partial charge on any atom is 0.409 e. The van der Waals surface area contributed by atoms with Gasteiger partial charge in [0, 0.05) is 25.2 Å². The Kier molecular flexibility index (Phi) is 6.55. The van der Waals surface area contributed by atoms with Crippen molar-refractivity contribution in [3.63, 3.8) is 0 Å². The number of nitrogens with one attached hydrogen (secondary N) is 1. The number of ether oxygens (including phenoxy) is 2. The summed E-state index contributed by atoms with van der Waals surface area (Å²) in [5.41, 5.74) is -0.0933. The highest BCUT2D eigenvalue weighted by Gasteiger charge is 2.24. The molecule has 9 nitrogen and oxygen atoms in total. The highest BCUT2D eigenvalue weighted by molar-refractivity contribution is 5.78. The summed E-state index contributed by atoms with van der Waals surface area (Å²) in [6.45, 7) is 2.92. The standard InChI is InChI=1S/C16H21N3O6/c1-2-24-16(21)18-8-6-12(7-9-18)17-15(20)11-25-14-5-3-4-13(10-14)19(22)23/h3-5,10,12H,2,6-9,11H2,1H3,(H,17,20). The smallest absolute Gasteiger partial charge is 0.409 e. The first-order valence-corrected chi connectivity index (χ1v) is 8.08. The number of hydrogen-bond acceptors (Lipinski definition) is 6. The van der Waals surface area contributed by atoms with E-state index in [4.69, 9.17) is 9.47 Å². The summed E-state index contributed by atoms with van der Waals surface area (Å²) in [6.07, 6.45) is 0.948. The maximum atomic E-state index is 11.9. The summed E-state index contributed by atoms with van der Waals surface area (Å²) in [5.74, 6) is -0.0393. The number of nitro benzene ring substituents is 1. The van der Waals surface area contributed by atoms with E-state index in [0.717, 1.165) is 0 Å². The fourth-order valence-corrected chi connectivity index (χ4v) is 2.53. The van der Waals surface area contributed by atoms with Gasteiger partial charge in [-0.1, -0.05) is 6.07 Å². The molecule has 1 heterocycles. The third-order valence-corrected chi connectivity index (χ3v) is 3.78. The summed E-state index contributed by atoms with van der Waals surface area (Å²) >= 11 is 0. The first kappa shape index (κ1) is 18.5. The Morgan fingerprint density at radius 3 is 2.72 bits per heavy atom. The van der Waals surface area contributed by atoms with Crippen molar-refractivity contribution in [3.05, 3.63) is 34.4 Å². The van der Waals surface area contributed by atoms with Crippen molar-refractivity contribution in [1.29, 1.82) is 0 Å². The molecular weight excluding hydrogens is 330 g/mol. The normalized spacial score (nSPS) is 14.7. The van der Waals surface area contributed by atoms with Gasteiger partial charge in [-0.3, -0.25) is 14.9 Å². The van der Waals surface area contributed by atoms with Gasteiger partial charge < -0.3 is 19.7 Å². The van der Waals surface area contributed by atoms with Gasteiger partial charge in [0.1, 0.15) is 5.75 Å². The van der Waals surface area contributed by atoms with E-state index in [2.05, 4.69) is 5.32 Å². The lowest BCUT2D eigenvalue weighted by Crippen LogP contribution is -2.47. The van der Waals surface area contributed by atoms with Crippen molar-refractivity contribution in [2.45, 2.75) is 25.8 Å². The molecule has 1 aliphatic heterocycles. The molecule has 0 aliphatic carbocycles. The molecule has 0 bridgehead atoms. The molecule has 1 saturated heterocycles. The molecule has 1 fully saturated rings. The highest BCUT2D eigenvalue weighted by atomic mass is 16.6. The Bertz CT molecular complexity index is 628. The Labute approximate surface area is 145 Å². The minimum Gasteiger partial charge on any atom is -0.484 e. The van der Waals surface area contributed by atoms with Crippen molar-refractivity contribution in [1.82, 2.24) is 10.2 Å². The SMILES string of the molecule is CCOC(=O)N1CCC(NC(=O)COc2cccc([N+](=O)[O-])c2)CC1. The molecule has 1 aromatic carbocycles. The van der Waals surface area contributed by atoms with Crippen LogP contribution in [0.3, 0.4) is 0 Å². The van der Waals surface area contributed by atoms with Crippen LogP contribution in [0.25, 0.3) is 0 Å². The topological polar surface area (TPSA) is 111 Å². The quantitative estimate of drug-likeness (QED) is 0.617. The zero-order chi connectivity index (χ0) is 18.2. The molecule has 0 aromatic heterocycles. The van der Waals surface area contributed by atoms with E-state index in [1.807, 2.05) is 0 Å². The fourth-order valence-electron chi connectivity index (χ4n) is 2.53. The molecule has 0 unspecified atom stereocenters. The summed E-state index contributed by atoms with van der Waals surface area (Å²) in [4.78, 5) is 35.4. The first-order chi connectivity index (χ1) is 12.0. The second-order valence-electron chi connectivity index (χ2n) is 5.57. The van der Waals surface area contributed by atoms with E-state index in [1.54, 1.807) is 17.9 Å². The molecule has 1 aliphatic rings.